The third-order valence-corrected chi connectivity index (χ3v) is 2.50. The topological polar surface area (TPSA) is 51.0 Å². The minimum absolute atomic E-state index is 0.290. The molecule has 2 aromatic carbocycles. The molecule has 0 N–H and O–H groups in total. The first kappa shape index (κ1) is 13.0. The van der Waals surface area contributed by atoms with Crippen LogP contribution < -0.4 is 0 Å². The van der Waals surface area contributed by atoms with Crippen LogP contribution in [-0.4, -0.2) is 12.7 Å². The molecule has 0 aromatic heterocycles. The molecule has 0 heterocycles. The van der Waals surface area contributed by atoms with Crippen molar-refractivity contribution in [3.8, 4) is 11.1 Å². The molecule has 2 rings (SSSR count). The zero-order valence-electron chi connectivity index (χ0n) is 10.6. The number of ether oxygens (including phenoxy) is 1. The number of azo groups is 1. The number of nitrogens with zero attached hydrogens (tertiary/aromatic N) is 2. The average molecular weight is 254 g/mol. The Bertz CT molecular complexity index is 580. The Labute approximate surface area is 111 Å². The van der Waals surface area contributed by atoms with E-state index in [1.165, 1.54) is 0 Å². The minimum Gasteiger partial charge on any atom is -0.447 e. The standard InChI is InChI=1S/C15H14N2O2/c1-2-19-15(18)17-16-14-11-7-6-10-13(14)12-8-4-3-5-9-12/h3-11H,2H2,1H3. The Morgan fingerprint density at radius 2 is 1.74 bits per heavy atom. The van der Waals surface area contributed by atoms with Crippen molar-refractivity contribution in [2.75, 3.05) is 6.61 Å². The number of benzene rings is 2. The van der Waals surface area contributed by atoms with Crippen molar-refractivity contribution in [2.24, 2.45) is 10.2 Å². The van der Waals surface area contributed by atoms with E-state index in [0.717, 1.165) is 11.1 Å². The van der Waals surface area contributed by atoms with E-state index < -0.39 is 6.09 Å². The van der Waals surface area contributed by atoms with Crippen LogP contribution in [0, 0.1) is 0 Å². The summed E-state index contributed by atoms with van der Waals surface area (Å²) in [5.41, 5.74) is 2.60. The van der Waals surface area contributed by atoms with Crippen LogP contribution in [0.5, 0.6) is 0 Å². The van der Waals surface area contributed by atoms with Gasteiger partial charge >= 0.3 is 6.09 Å². The summed E-state index contributed by atoms with van der Waals surface area (Å²) in [6.07, 6.45) is -0.676. The van der Waals surface area contributed by atoms with Crippen molar-refractivity contribution in [3.63, 3.8) is 0 Å². The van der Waals surface area contributed by atoms with Crippen molar-refractivity contribution in [3.05, 3.63) is 54.6 Å². The van der Waals surface area contributed by atoms with Gasteiger partial charge < -0.3 is 4.74 Å². The molecule has 0 saturated heterocycles. The van der Waals surface area contributed by atoms with Crippen LogP contribution in [-0.2, 0) is 4.74 Å². The molecule has 4 heteroatoms. The molecule has 0 atom stereocenters. The summed E-state index contributed by atoms with van der Waals surface area (Å²) in [4.78, 5) is 11.2. The van der Waals surface area contributed by atoms with Crippen LogP contribution >= 0.6 is 0 Å². The summed E-state index contributed by atoms with van der Waals surface area (Å²) < 4.78 is 4.71. The maximum atomic E-state index is 11.2. The Morgan fingerprint density at radius 3 is 2.47 bits per heavy atom. The van der Waals surface area contributed by atoms with E-state index in [1.807, 2.05) is 54.6 Å². The largest absolute Gasteiger partial charge is 0.452 e. The molecule has 0 spiro atoms. The highest BCUT2D eigenvalue weighted by Gasteiger charge is 2.04. The van der Waals surface area contributed by atoms with Gasteiger partial charge in [0, 0.05) is 5.56 Å². The highest BCUT2D eigenvalue weighted by atomic mass is 16.5. The number of amides is 1. The summed E-state index contributed by atoms with van der Waals surface area (Å²) in [6, 6.07) is 17.4. The van der Waals surface area contributed by atoms with Crippen LogP contribution in [0.15, 0.2) is 64.8 Å². The van der Waals surface area contributed by atoms with Gasteiger partial charge in [-0.05, 0) is 18.6 Å². The van der Waals surface area contributed by atoms with Crippen molar-refractivity contribution in [2.45, 2.75) is 6.92 Å². The van der Waals surface area contributed by atoms with E-state index in [1.54, 1.807) is 6.92 Å². The highest BCUT2D eigenvalue weighted by Crippen LogP contribution is 2.29. The molecule has 0 aliphatic carbocycles. The number of hydrogen-bond donors (Lipinski definition) is 0. The lowest BCUT2D eigenvalue weighted by Crippen LogP contribution is -1.95. The van der Waals surface area contributed by atoms with Crippen LogP contribution in [0.3, 0.4) is 0 Å². The van der Waals surface area contributed by atoms with Gasteiger partial charge in [-0.2, -0.15) is 0 Å². The summed E-state index contributed by atoms with van der Waals surface area (Å²) in [6.45, 7) is 2.02. The molecule has 96 valence electrons. The monoisotopic (exact) mass is 254 g/mol. The van der Waals surface area contributed by atoms with E-state index in [4.69, 9.17) is 4.74 Å². The third kappa shape index (κ3) is 3.48. The molecule has 4 nitrogen and oxygen atoms in total. The Balaban J connectivity index is 2.30. The number of carbonyl (C=O) groups excluding carboxylic acids is 1. The first-order chi connectivity index (χ1) is 9.31. The lowest BCUT2D eigenvalue weighted by atomic mass is 10.0. The van der Waals surface area contributed by atoms with Gasteiger partial charge in [-0.1, -0.05) is 53.6 Å². The van der Waals surface area contributed by atoms with E-state index in [9.17, 15) is 4.79 Å². The minimum atomic E-state index is -0.676. The SMILES string of the molecule is CCOC(=O)N=Nc1ccccc1-c1ccccc1. The summed E-state index contributed by atoms with van der Waals surface area (Å²) >= 11 is 0. The molecule has 0 saturated carbocycles. The number of carbonyl (C=O) groups is 1. The number of rotatable bonds is 3. The van der Waals surface area contributed by atoms with Crippen molar-refractivity contribution >= 4 is 11.8 Å². The van der Waals surface area contributed by atoms with Gasteiger partial charge in [0.25, 0.3) is 0 Å². The smallest absolute Gasteiger partial charge is 0.447 e. The fourth-order valence-corrected chi connectivity index (χ4v) is 1.67. The van der Waals surface area contributed by atoms with Crippen LogP contribution in [0.1, 0.15) is 6.92 Å². The van der Waals surface area contributed by atoms with Gasteiger partial charge in [0.2, 0.25) is 0 Å². The molecular formula is C15H14N2O2. The van der Waals surface area contributed by atoms with Gasteiger partial charge in [0.15, 0.2) is 0 Å². The molecule has 1 amide bonds. The van der Waals surface area contributed by atoms with Gasteiger partial charge in [-0.15, -0.1) is 5.11 Å². The third-order valence-electron chi connectivity index (χ3n) is 2.50. The van der Waals surface area contributed by atoms with Crippen molar-refractivity contribution < 1.29 is 9.53 Å². The fourth-order valence-electron chi connectivity index (χ4n) is 1.67. The molecule has 0 unspecified atom stereocenters. The molecule has 0 aliphatic rings. The zero-order valence-corrected chi connectivity index (χ0v) is 10.6. The Kier molecular flexibility index (Phi) is 4.39. The van der Waals surface area contributed by atoms with E-state index >= 15 is 0 Å². The van der Waals surface area contributed by atoms with Gasteiger partial charge in [0.05, 0.1) is 12.3 Å². The zero-order chi connectivity index (χ0) is 13.5. The molecule has 2 aromatic rings. The summed E-state index contributed by atoms with van der Waals surface area (Å²) in [5, 5.41) is 7.49. The van der Waals surface area contributed by atoms with E-state index in [2.05, 4.69) is 10.2 Å². The van der Waals surface area contributed by atoms with Crippen LogP contribution in [0.25, 0.3) is 11.1 Å². The molecule has 0 bridgehead atoms. The first-order valence-corrected chi connectivity index (χ1v) is 6.04. The fraction of sp³-hybridized carbons (Fsp3) is 0.133. The molecule has 0 aliphatic heterocycles. The molecule has 0 radical (unpaired) electrons. The molecule has 0 fully saturated rings. The maximum Gasteiger partial charge on any atom is 0.452 e. The second kappa shape index (κ2) is 6.44. The predicted octanol–water partition coefficient (Wildman–Crippen LogP) is 4.59. The normalized spacial score (nSPS) is 10.6. The number of hydrogen-bond acceptors (Lipinski definition) is 3. The van der Waals surface area contributed by atoms with Crippen LogP contribution in [0.4, 0.5) is 10.5 Å². The Morgan fingerprint density at radius 1 is 1.05 bits per heavy atom. The maximum absolute atomic E-state index is 11.2. The second-order valence-corrected chi connectivity index (χ2v) is 3.78. The van der Waals surface area contributed by atoms with Crippen LogP contribution in [0.2, 0.25) is 0 Å². The second-order valence-electron chi connectivity index (χ2n) is 3.78. The van der Waals surface area contributed by atoms with E-state index in [-0.39, 0.29) is 6.61 Å². The quantitative estimate of drug-likeness (QED) is 0.752. The first-order valence-electron chi connectivity index (χ1n) is 6.04. The molecular weight excluding hydrogens is 240 g/mol. The van der Waals surface area contributed by atoms with Gasteiger partial charge in [0.1, 0.15) is 0 Å². The van der Waals surface area contributed by atoms with Crippen molar-refractivity contribution in [1.82, 2.24) is 0 Å². The lowest BCUT2D eigenvalue weighted by Gasteiger charge is -2.04. The highest BCUT2D eigenvalue weighted by molar-refractivity contribution is 5.76. The molecule has 19 heavy (non-hydrogen) atoms. The van der Waals surface area contributed by atoms with Gasteiger partial charge in [-0.3, -0.25) is 0 Å². The summed E-state index contributed by atoms with van der Waals surface area (Å²) in [7, 11) is 0. The Hall–Kier alpha value is -2.49. The van der Waals surface area contributed by atoms with Gasteiger partial charge in [-0.25, -0.2) is 4.79 Å². The van der Waals surface area contributed by atoms with E-state index in [0.29, 0.717) is 5.69 Å². The van der Waals surface area contributed by atoms with Crippen molar-refractivity contribution in [1.29, 1.82) is 0 Å². The predicted molar refractivity (Wildman–Crippen MR) is 73.4 cm³/mol. The average Bonchev–Trinajstić information content (AvgIpc) is 2.47. The summed E-state index contributed by atoms with van der Waals surface area (Å²) in [5.74, 6) is 0. The lowest BCUT2D eigenvalue weighted by molar-refractivity contribution is 0.162.